The molecule has 2 N–H and O–H groups in total. The number of anilines is 2. The Morgan fingerprint density at radius 3 is 2.83 bits per heavy atom. The molecule has 0 aliphatic rings. The molecule has 0 saturated carbocycles. The molecule has 24 heavy (non-hydrogen) atoms. The van der Waals surface area contributed by atoms with Gasteiger partial charge in [-0.05, 0) is 36.2 Å². The van der Waals surface area contributed by atoms with Crippen LogP contribution >= 0.6 is 23.2 Å². The Labute approximate surface area is 149 Å². The molecule has 0 amide bonds. The summed E-state index contributed by atoms with van der Waals surface area (Å²) < 4.78 is 5.26. The van der Waals surface area contributed by atoms with Crippen LogP contribution in [-0.4, -0.2) is 21.7 Å². The maximum atomic E-state index is 6.15. The summed E-state index contributed by atoms with van der Waals surface area (Å²) >= 11 is 12.0. The average Bonchev–Trinajstić information content (AvgIpc) is 3.09. The van der Waals surface area contributed by atoms with Crippen molar-refractivity contribution in [3.8, 4) is 0 Å². The highest BCUT2D eigenvalue weighted by Crippen LogP contribution is 2.21. The summed E-state index contributed by atoms with van der Waals surface area (Å²) in [6.07, 6.45) is 3.91. The Balaban J connectivity index is 1.52. The summed E-state index contributed by atoms with van der Waals surface area (Å²) in [7, 11) is 0. The number of aromatic nitrogens is 3. The summed E-state index contributed by atoms with van der Waals surface area (Å²) in [6.45, 7) is 1.16. The minimum Gasteiger partial charge on any atom is -0.467 e. The molecule has 2 heterocycles. The van der Waals surface area contributed by atoms with Gasteiger partial charge in [0.15, 0.2) is 5.82 Å². The van der Waals surface area contributed by atoms with E-state index in [9.17, 15) is 0 Å². The van der Waals surface area contributed by atoms with E-state index in [-0.39, 0.29) is 0 Å². The van der Waals surface area contributed by atoms with Gasteiger partial charge in [-0.25, -0.2) is 0 Å². The first-order valence-corrected chi connectivity index (χ1v) is 8.10. The number of rotatable bonds is 7. The lowest BCUT2D eigenvalue weighted by atomic mass is 10.1. The van der Waals surface area contributed by atoms with Gasteiger partial charge in [-0.2, -0.15) is 10.1 Å². The fourth-order valence-electron chi connectivity index (χ4n) is 2.09. The minimum atomic E-state index is 0.449. The Hall–Kier alpha value is -2.31. The molecule has 2 aromatic heterocycles. The van der Waals surface area contributed by atoms with Crippen LogP contribution in [0.1, 0.15) is 11.3 Å². The number of nitrogens with zero attached hydrogens (tertiary/aromatic N) is 3. The molecule has 6 nitrogen and oxygen atoms in total. The number of hydrogen-bond acceptors (Lipinski definition) is 6. The molecule has 0 saturated heterocycles. The van der Waals surface area contributed by atoms with E-state index >= 15 is 0 Å². The second-order valence-electron chi connectivity index (χ2n) is 5.01. The zero-order valence-corrected chi connectivity index (χ0v) is 14.2. The van der Waals surface area contributed by atoms with E-state index in [0.29, 0.717) is 34.9 Å². The number of furan rings is 1. The molecule has 0 atom stereocenters. The van der Waals surface area contributed by atoms with E-state index in [4.69, 9.17) is 27.6 Å². The van der Waals surface area contributed by atoms with Crippen molar-refractivity contribution < 1.29 is 4.42 Å². The van der Waals surface area contributed by atoms with Crippen LogP contribution in [0.4, 0.5) is 11.8 Å². The van der Waals surface area contributed by atoms with Crippen molar-refractivity contribution in [3.63, 3.8) is 0 Å². The van der Waals surface area contributed by atoms with Gasteiger partial charge in [-0.1, -0.05) is 29.3 Å². The molecule has 0 bridgehead atoms. The fraction of sp³-hybridized carbons (Fsp3) is 0.188. The van der Waals surface area contributed by atoms with Crippen molar-refractivity contribution in [3.05, 3.63) is 64.2 Å². The molecule has 0 unspecified atom stereocenters. The highest BCUT2D eigenvalue weighted by Gasteiger charge is 2.04. The van der Waals surface area contributed by atoms with Crippen LogP contribution in [-0.2, 0) is 13.0 Å². The first-order chi connectivity index (χ1) is 11.7. The maximum Gasteiger partial charge on any atom is 0.244 e. The van der Waals surface area contributed by atoms with Gasteiger partial charge in [0.25, 0.3) is 0 Å². The molecular formula is C16H15Cl2N5O. The third kappa shape index (κ3) is 4.59. The van der Waals surface area contributed by atoms with Crippen LogP contribution in [0.25, 0.3) is 0 Å². The smallest absolute Gasteiger partial charge is 0.244 e. The third-order valence-electron chi connectivity index (χ3n) is 3.28. The monoisotopic (exact) mass is 363 g/mol. The molecule has 0 fully saturated rings. The Morgan fingerprint density at radius 2 is 2.04 bits per heavy atom. The van der Waals surface area contributed by atoms with Gasteiger partial charge in [0, 0.05) is 16.6 Å². The van der Waals surface area contributed by atoms with Crippen molar-refractivity contribution in [1.29, 1.82) is 0 Å². The zero-order valence-electron chi connectivity index (χ0n) is 12.7. The van der Waals surface area contributed by atoms with Gasteiger partial charge in [0.05, 0.1) is 19.0 Å². The molecule has 0 aliphatic heterocycles. The number of halogens is 2. The fourth-order valence-corrected chi connectivity index (χ4v) is 2.59. The molecule has 0 spiro atoms. The quantitative estimate of drug-likeness (QED) is 0.659. The molecule has 0 aliphatic carbocycles. The van der Waals surface area contributed by atoms with Gasteiger partial charge in [-0.15, -0.1) is 5.10 Å². The van der Waals surface area contributed by atoms with Gasteiger partial charge < -0.3 is 15.1 Å². The van der Waals surface area contributed by atoms with Crippen molar-refractivity contribution in [2.45, 2.75) is 13.0 Å². The molecule has 8 heteroatoms. The normalized spacial score (nSPS) is 10.6. The van der Waals surface area contributed by atoms with E-state index < -0.39 is 0 Å². The third-order valence-corrected chi connectivity index (χ3v) is 3.86. The highest BCUT2D eigenvalue weighted by molar-refractivity contribution is 6.35. The number of nitrogens with one attached hydrogen (secondary N) is 2. The SMILES string of the molecule is Clc1ccc(CCNc2nncc(NCc3ccco3)n2)c(Cl)c1. The standard InChI is InChI=1S/C16H15Cl2N5O/c17-12-4-3-11(14(18)8-12)5-6-19-16-22-15(10-21-23-16)20-9-13-2-1-7-24-13/h1-4,7-8,10H,5-6,9H2,(H2,19,20,22,23). The predicted octanol–water partition coefficient (Wildman–Crippen LogP) is 4.04. The topological polar surface area (TPSA) is 75.9 Å². The molecule has 3 aromatic rings. The Bertz CT molecular complexity index is 795. The lowest BCUT2D eigenvalue weighted by molar-refractivity contribution is 0.517. The molecule has 3 rings (SSSR count). The largest absolute Gasteiger partial charge is 0.467 e. The van der Waals surface area contributed by atoms with Crippen molar-refractivity contribution in [1.82, 2.24) is 15.2 Å². The van der Waals surface area contributed by atoms with E-state index in [2.05, 4.69) is 25.8 Å². The Kier molecular flexibility index (Phi) is 5.51. The van der Waals surface area contributed by atoms with Crippen LogP contribution in [0.2, 0.25) is 10.0 Å². The van der Waals surface area contributed by atoms with Gasteiger partial charge in [0.2, 0.25) is 5.95 Å². The van der Waals surface area contributed by atoms with Crippen LogP contribution in [0, 0.1) is 0 Å². The number of benzene rings is 1. The lowest BCUT2D eigenvalue weighted by Gasteiger charge is -2.08. The zero-order chi connectivity index (χ0) is 16.8. The average molecular weight is 364 g/mol. The van der Waals surface area contributed by atoms with Crippen LogP contribution in [0.5, 0.6) is 0 Å². The summed E-state index contributed by atoms with van der Waals surface area (Å²) in [5, 5.41) is 15.4. The summed E-state index contributed by atoms with van der Waals surface area (Å²) in [5.74, 6) is 1.89. The van der Waals surface area contributed by atoms with E-state index in [0.717, 1.165) is 17.7 Å². The second kappa shape index (κ2) is 7.99. The van der Waals surface area contributed by atoms with E-state index in [1.54, 1.807) is 18.5 Å². The molecule has 1 aromatic carbocycles. The first kappa shape index (κ1) is 16.5. The maximum absolute atomic E-state index is 6.15. The van der Waals surface area contributed by atoms with Crippen LogP contribution in [0.15, 0.2) is 47.2 Å². The molecular weight excluding hydrogens is 349 g/mol. The van der Waals surface area contributed by atoms with Crippen molar-refractivity contribution >= 4 is 35.0 Å². The van der Waals surface area contributed by atoms with E-state index in [1.165, 1.54) is 0 Å². The lowest BCUT2D eigenvalue weighted by Crippen LogP contribution is -2.10. The number of hydrogen-bond donors (Lipinski definition) is 2. The summed E-state index contributed by atoms with van der Waals surface area (Å²) in [6, 6.07) is 9.18. The minimum absolute atomic E-state index is 0.449. The first-order valence-electron chi connectivity index (χ1n) is 7.34. The summed E-state index contributed by atoms with van der Waals surface area (Å²) in [5.41, 5.74) is 1.01. The van der Waals surface area contributed by atoms with Crippen molar-refractivity contribution in [2.75, 3.05) is 17.2 Å². The highest BCUT2D eigenvalue weighted by atomic mass is 35.5. The predicted molar refractivity (Wildman–Crippen MR) is 94.5 cm³/mol. The molecule has 124 valence electrons. The van der Waals surface area contributed by atoms with Crippen molar-refractivity contribution in [2.24, 2.45) is 0 Å². The van der Waals surface area contributed by atoms with E-state index in [1.807, 2.05) is 24.3 Å². The van der Waals surface area contributed by atoms with Gasteiger partial charge in [0.1, 0.15) is 5.76 Å². The van der Waals surface area contributed by atoms with Gasteiger partial charge >= 0.3 is 0 Å². The Morgan fingerprint density at radius 1 is 1.12 bits per heavy atom. The molecule has 0 radical (unpaired) electrons. The van der Waals surface area contributed by atoms with Gasteiger partial charge in [-0.3, -0.25) is 0 Å². The van der Waals surface area contributed by atoms with Crippen LogP contribution in [0.3, 0.4) is 0 Å². The second-order valence-corrected chi connectivity index (χ2v) is 5.85. The summed E-state index contributed by atoms with van der Waals surface area (Å²) in [4.78, 5) is 4.35. The van der Waals surface area contributed by atoms with Crippen LogP contribution < -0.4 is 10.6 Å².